The Morgan fingerprint density at radius 2 is 1.32 bits per heavy atom. The van der Waals surface area contributed by atoms with Crippen molar-refractivity contribution in [3.05, 3.63) is 137 Å². The predicted molar refractivity (Wildman–Crippen MR) is 133 cm³/mol. The summed E-state index contributed by atoms with van der Waals surface area (Å²) in [4.78, 5) is 12.5. The maximum atomic E-state index is 12.5. The van der Waals surface area contributed by atoms with Crippen LogP contribution in [0.3, 0.4) is 0 Å². The summed E-state index contributed by atoms with van der Waals surface area (Å²) >= 11 is 0. The lowest BCUT2D eigenvalue weighted by atomic mass is 10.1. The van der Waals surface area contributed by atoms with Gasteiger partial charge in [-0.1, -0.05) is 72.8 Å². The Balaban J connectivity index is 1.51. The van der Waals surface area contributed by atoms with Gasteiger partial charge in [0.2, 0.25) is 0 Å². The van der Waals surface area contributed by atoms with Gasteiger partial charge < -0.3 is 9.47 Å². The molecule has 0 saturated heterocycles. The summed E-state index contributed by atoms with van der Waals surface area (Å²) in [6.07, 6.45) is 3.26. The molecular formula is C30H23NO3. The Labute approximate surface area is 199 Å². The number of benzene rings is 4. The molecule has 4 aromatic carbocycles. The van der Waals surface area contributed by atoms with E-state index in [0.717, 1.165) is 16.7 Å². The molecule has 0 aliphatic carbocycles. The third-order valence-corrected chi connectivity index (χ3v) is 5.17. The zero-order valence-corrected chi connectivity index (χ0v) is 18.6. The van der Waals surface area contributed by atoms with Crippen LogP contribution in [-0.2, 0) is 13.2 Å². The highest BCUT2D eigenvalue weighted by Gasteiger charge is 2.08. The van der Waals surface area contributed by atoms with E-state index < -0.39 is 0 Å². The van der Waals surface area contributed by atoms with Crippen LogP contribution in [-0.4, -0.2) is 5.78 Å². The van der Waals surface area contributed by atoms with E-state index in [1.807, 2.05) is 78.9 Å². The summed E-state index contributed by atoms with van der Waals surface area (Å²) < 4.78 is 12.1. The number of carbonyl (C=O) groups is 1. The van der Waals surface area contributed by atoms with E-state index in [2.05, 4.69) is 6.07 Å². The Bertz CT molecular complexity index is 1310. The quantitative estimate of drug-likeness (QED) is 0.215. The third kappa shape index (κ3) is 6.21. The molecule has 4 nitrogen and oxygen atoms in total. The molecule has 0 aliphatic heterocycles. The van der Waals surface area contributed by atoms with Gasteiger partial charge in [-0.25, -0.2) is 0 Å². The maximum absolute atomic E-state index is 12.5. The number of ketones is 1. The number of ether oxygens (including phenoxy) is 2. The SMILES string of the molecule is N#Cc1ccc(C(=O)C=Cc2ccc(OCc3ccccc3)c(OCc3ccccc3)c2)cc1. The number of nitriles is 1. The Morgan fingerprint density at radius 3 is 1.91 bits per heavy atom. The van der Waals surface area contributed by atoms with Gasteiger partial charge in [0.1, 0.15) is 13.2 Å². The fourth-order valence-electron chi connectivity index (χ4n) is 3.31. The smallest absolute Gasteiger partial charge is 0.185 e. The first-order valence-electron chi connectivity index (χ1n) is 10.9. The molecule has 0 atom stereocenters. The largest absolute Gasteiger partial charge is 0.485 e. The average Bonchev–Trinajstić information content (AvgIpc) is 2.91. The molecule has 0 fully saturated rings. The summed E-state index contributed by atoms with van der Waals surface area (Å²) in [5, 5.41) is 8.92. The summed E-state index contributed by atoms with van der Waals surface area (Å²) in [5.74, 6) is 1.10. The summed E-state index contributed by atoms with van der Waals surface area (Å²) in [5.41, 5.74) is 3.98. The van der Waals surface area contributed by atoms with E-state index in [0.29, 0.717) is 35.8 Å². The van der Waals surface area contributed by atoms with Gasteiger partial charge in [0, 0.05) is 5.56 Å². The molecule has 4 rings (SSSR count). The highest BCUT2D eigenvalue weighted by molar-refractivity contribution is 6.06. The molecule has 0 saturated carbocycles. The second-order valence-corrected chi connectivity index (χ2v) is 7.64. The molecule has 4 heteroatoms. The third-order valence-electron chi connectivity index (χ3n) is 5.17. The second-order valence-electron chi connectivity index (χ2n) is 7.64. The van der Waals surface area contributed by atoms with Gasteiger partial charge in [-0.3, -0.25) is 4.79 Å². The monoisotopic (exact) mass is 445 g/mol. The van der Waals surface area contributed by atoms with Crippen molar-refractivity contribution < 1.29 is 14.3 Å². The summed E-state index contributed by atoms with van der Waals surface area (Å²) in [6.45, 7) is 0.828. The lowest BCUT2D eigenvalue weighted by Gasteiger charge is -2.14. The Kier molecular flexibility index (Phi) is 7.50. The van der Waals surface area contributed by atoms with Crippen molar-refractivity contribution in [3.8, 4) is 17.6 Å². The number of carbonyl (C=O) groups excluding carboxylic acids is 1. The van der Waals surface area contributed by atoms with Crippen LogP contribution >= 0.6 is 0 Å². The first-order valence-corrected chi connectivity index (χ1v) is 10.9. The van der Waals surface area contributed by atoms with Crippen LogP contribution in [0.2, 0.25) is 0 Å². The van der Waals surface area contributed by atoms with Gasteiger partial charge in [-0.05, 0) is 59.2 Å². The van der Waals surface area contributed by atoms with Crippen molar-refractivity contribution in [1.29, 1.82) is 5.26 Å². The van der Waals surface area contributed by atoms with E-state index in [1.165, 1.54) is 6.08 Å². The lowest BCUT2D eigenvalue weighted by molar-refractivity contribution is 0.104. The Morgan fingerprint density at radius 1 is 0.735 bits per heavy atom. The number of hydrogen-bond donors (Lipinski definition) is 0. The lowest BCUT2D eigenvalue weighted by Crippen LogP contribution is -2.01. The molecule has 0 aromatic heterocycles. The predicted octanol–water partition coefficient (Wildman–Crippen LogP) is 6.61. The van der Waals surface area contributed by atoms with Gasteiger partial charge in [-0.15, -0.1) is 0 Å². The minimum absolute atomic E-state index is 0.138. The fourth-order valence-corrected chi connectivity index (χ4v) is 3.31. The van der Waals surface area contributed by atoms with Crippen molar-refractivity contribution in [1.82, 2.24) is 0 Å². The van der Waals surface area contributed by atoms with E-state index >= 15 is 0 Å². The normalized spacial score (nSPS) is 10.6. The molecule has 166 valence electrons. The minimum Gasteiger partial charge on any atom is -0.485 e. The molecule has 34 heavy (non-hydrogen) atoms. The van der Waals surface area contributed by atoms with Crippen LogP contribution < -0.4 is 9.47 Å². The van der Waals surface area contributed by atoms with Gasteiger partial charge in [0.25, 0.3) is 0 Å². The molecule has 0 amide bonds. The molecule has 0 N–H and O–H groups in total. The Hall–Kier alpha value is -4.62. The van der Waals surface area contributed by atoms with Crippen molar-refractivity contribution in [3.63, 3.8) is 0 Å². The van der Waals surface area contributed by atoms with Gasteiger partial charge in [0.15, 0.2) is 17.3 Å². The number of nitrogens with zero attached hydrogens (tertiary/aromatic N) is 1. The van der Waals surface area contributed by atoms with E-state index in [9.17, 15) is 4.79 Å². The number of allylic oxidation sites excluding steroid dienone is 1. The summed E-state index contributed by atoms with van der Waals surface area (Å²) in [6, 6.07) is 34.1. The molecule has 0 aliphatic rings. The summed E-state index contributed by atoms with van der Waals surface area (Å²) in [7, 11) is 0. The molecular weight excluding hydrogens is 422 g/mol. The molecule has 0 unspecified atom stereocenters. The van der Waals surface area contributed by atoms with Crippen LogP contribution in [0.5, 0.6) is 11.5 Å². The van der Waals surface area contributed by atoms with Crippen LogP contribution in [0, 0.1) is 11.3 Å². The van der Waals surface area contributed by atoms with Crippen LogP contribution in [0.25, 0.3) is 6.08 Å². The van der Waals surface area contributed by atoms with Gasteiger partial charge >= 0.3 is 0 Å². The number of rotatable bonds is 9. The van der Waals surface area contributed by atoms with Crippen LogP contribution in [0.4, 0.5) is 0 Å². The van der Waals surface area contributed by atoms with Crippen LogP contribution in [0.1, 0.15) is 32.6 Å². The topological polar surface area (TPSA) is 59.3 Å². The standard InChI is InChI=1S/C30H23NO3/c31-20-24-11-15-27(16-12-24)28(32)17-13-23-14-18-29(33-21-25-7-3-1-4-8-25)30(19-23)34-22-26-9-5-2-6-10-26/h1-19H,21-22H2. The zero-order chi connectivity index (χ0) is 23.6. The van der Waals surface area contributed by atoms with Crippen molar-refractivity contribution in [2.45, 2.75) is 13.2 Å². The van der Waals surface area contributed by atoms with E-state index in [4.69, 9.17) is 14.7 Å². The number of hydrogen-bond acceptors (Lipinski definition) is 4. The highest BCUT2D eigenvalue weighted by Crippen LogP contribution is 2.30. The molecule has 4 aromatic rings. The fraction of sp³-hybridized carbons (Fsp3) is 0.0667. The average molecular weight is 446 g/mol. The van der Waals surface area contributed by atoms with Crippen LogP contribution in [0.15, 0.2) is 109 Å². The molecule has 0 heterocycles. The molecule has 0 bridgehead atoms. The maximum Gasteiger partial charge on any atom is 0.185 e. The second kappa shape index (κ2) is 11.3. The molecule has 0 radical (unpaired) electrons. The molecule has 0 spiro atoms. The first kappa shape index (κ1) is 22.6. The van der Waals surface area contributed by atoms with Crippen molar-refractivity contribution in [2.75, 3.05) is 0 Å². The van der Waals surface area contributed by atoms with E-state index in [-0.39, 0.29) is 5.78 Å². The minimum atomic E-state index is -0.138. The van der Waals surface area contributed by atoms with Gasteiger partial charge in [-0.2, -0.15) is 5.26 Å². The zero-order valence-electron chi connectivity index (χ0n) is 18.6. The van der Waals surface area contributed by atoms with Gasteiger partial charge in [0.05, 0.1) is 11.6 Å². The van der Waals surface area contributed by atoms with E-state index in [1.54, 1.807) is 30.3 Å². The van der Waals surface area contributed by atoms with Crippen molar-refractivity contribution >= 4 is 11.9 Å². The first-order chi connectivity index (χ1) is 16.7. The van der Waals surface area contributed by atoms with Crippen molar-refractivity contribution in [2.24, 2.45) is 0 Å². The highest BCUT2D eigenvalue weighted by atomic mass is 16.5.